The van der Waals surface area contributed by atoms with Crippen LogP contribution >= 0.6 is 0 Å². The smallest absolute Gasteiger partial charge is 0.0129 e. The molecule has 0 aliphatic heterocycles. The zero-order chi connectivity index (χ0) is 12.7. The van der Waals surface area contributed by atoms with Gasteiger partial charge in [0.25, 0.3) is 0 Å². The molecule has 1 aromatic rings. The first-order valence-corrected chi connectivity index (χ1v) is 5.93. The fraction of sp³-hybridized carbons (Fsp3) is 0.500. The minimum absolute atomic E-state index is 0.201. The fourth-order valence-electron chi connectivity index (χ4n) is 2.27. The monoisotopic (exact) mass is 216 g/mol. The Labute approximate surface area is 100 Å². The van der Waals surface area contributed by atoms with Crippen LogP contribution in [-0.2, 0) is 5.41 Å². The molecule has 0 nitrogen and oxygen atoms in total. The topological polar surface area (TPSA) is 0 Å². The van der Waals surface area contributed by atoms with Crippen molar-refractivity contribution in [1.29, 1.82) is 0 Å². The normalized spacial score (nSPS) is 11.7. The minimum atomic E-state index is 0.201. The van der Waals surface area contributed by atoms with Gasteiger partial charge in [-0.3, -0.25) is 0 Å². The number of hydrogen-bond acceptors (Lipinski definition) is 0. The largest absolute Gasteiger partial charge is 0.0955 e. The van der Waals surface area contributed by atoms with Crippen LogP contribution in [0.3, 0.4) is 0 Å². The summed E-state index contributed by atoms with van der Waals surface area (Å²) in [5, 5.41) is 0. The molecule has 0 N–H and O–H groups in total. The van der Waals surface area contributed by atoms with Gasteiger partial charge in [0, 0.05) is 0 Å². The van der Waals surface area contributed by atoms with Crippen LogP contribution in [-0.4, -0.2) is 0 Å². The molecule has 0 saturated carbocycles. The van der Waals surface area contributed by atoms with E-state index in [0.29, 0.717) is 0 Å². The summed E-state index contributed by atoms with van der Waals surface area (Å²) in [4.78, 5) is 0. The summed E-state index contributed by atoms with van der Waals surface area (Å²) in [5.41, 5.74) is 8.32. The predicted octanol–water partition coefficient (Wildman–Crippen LogP) is 4.94. The van der Waals surface area contributed by atoms with E-state index < -0.39 is 0 Å². The Kier molecular flexibility index (Phi) is 3.33. The van der Waals surface area contributed by atoms with Gasteiger partial charge in [-0.15, -0.1) is 0 Å². The third kappa shape index (κ3) is 2.21. The van der Waals surface area contributed by atoms with Crippen molar-refractivity contribution >= 4 is 5.57 Å². The lowest BCUT2D eigenvalue weighted by atomic mass is 9.79. The Bertz CT molecular complexity index is 428. The molecule has 0 saturated heterocycles. The number of hydrogen-bond donors (Lipinski definition) is 0. The summed E-state index contributed by atoms with van der Waals surface area (Å²) in [6, 6.07) is 2.32. The highest BCUT2D eigenvalue weighted by Crippen LogP contribution is 2.33. The van der Waals surface area contributed by atoms with Gasteiger partial charge >= 0.3 is 0 Å². The van der Waals surface area contributed by atoms with E-state index in [1.54, 1.807) is 0 Å². The number of allylic oxidation sites excluding steroid dienone is 1. The Hall–Kier alpha value is -1.04. The molecule has 1 aromatic carbocycles. The van der Waals surface area contributed by atoms with Crippen LogP contribution in [0, 0.1) is 20.8 Å². The lowest BCUT2D eigenvalue weighted by Gasteiger charge is -2.26. The third-order valence-corrected chi connectivity index (χ3v) is 3.49. The Balaban J connectivity index is 3.61. The minimum Gasteiger partial charge on any atom is -0.0955 e. The highest BCUT2D eigenvalue weighted by atomic mass is 14.2. The molecule has 0 heterocycles. The van der Waals surface area contributed by atoms with E-state index in [1.165, 1.54) is 27.8 Å². The summed E-state index contributed by atoms with van der Waals surface area (Å²) in [6.45, 7) is 19.6. The second-order valence-electron chi connectivity index (χ2n) is 5.88. The molecule has 0 amide bonds. The van der Waals surface area contributed by atoms with Gasteiger partial charge in [0.05, 0.1) is 0 Å². The molecule has 0 fully saturated rings. The van der Waals surface area contributed by atoms with E-state index in [1.807, 2.05) is 0 Å². The highest BCUT2D eigenvalue weighted by Gasteiger charge is 2.19. The second kappa shape index (κ2) is 4.08. The van der Waals surface area contributed by atoms with E-state index in [-0.39, 0.29) is 5.41 Å². The van der Waals surface area contributed by atoms with Gasteiger partial charge in [-0.1, -0.05) is 39.0 Å². The Morgan fingerprint density at radius 1 is 1.00 bits per heavy atom. The van der Waals surface area contributed by atoms with Gasteiger partial charge in [-0.25, -0.2) is 0 Å². The molecular formula is C16H24. The molecule has 0 aliphatic carbocycles. The highest BCUT2D eigenvalue weighted by molar-refractivity contribution is 5.68. The zero-order valence-corrected chi connectivity index (χ0v) is 11.8. The van der Waals surface area contributed by atoms with E-state index in [0.717, 1.165) is 5.57 Å². The van der Waals surface area contributed by atoms with Crippen molar-refractivity contribution in [3.8, 4) is 0 Å². The van der Waals surface area contributed by atoms with Gasteiger partial charge in [-0.2, -0.15) is 0 Å². The van der Waals surface area contributed by atoms with E-state index in [9.17, 15) is 0 Å². The van der Waals surface area contributed by atoms with Crippen molar-refractivity contribution in [2.24, 2.45) is 0 Å². The van der Waals surface area contributed by atoms with Crippen LogP contribution < -0.4 is 0 Å². The van der Waals surface area contributed by atoms with Crippen LogP contribution in [0.25, 0.3) is 5.57 Å². The first kappa shape index (κ1) is 13.0. The van der Waals surface area contributed by atoms with Crippen molar-refractivity contribution in [2.75, 3.05) is 0 Å². The molecule has 16 heavy (non-hydrogen) atoms. The molecule has 0 unspecified atom stereocenters. The van der Waals surface area contributed by atoms with Gasteiger partial charge < -0.3 is 0 Å². The van der Waals surface area contributed by atoms with Crippen LogP contribution in [0.1, 0.15) is 55.5 Å². The Morgan fingerprint density at radius 2 is 1.50 bits per heavy atom. The molecule has 1 rings (SSSR count). The molecule has 0 aromatic heterocycles. The first-order valence-electron chi connectivity index (χ1n) is 5.93. The van der Waals surface area contributed by atoms with Crippen LogP contribution in [0.5, 0.6) is 0 Å². The SMILES string of the molecule is C=C(C)c1cc(C(C)(C)C)c(C)c(C)c1C. The van der Waals surface area contributed by atoms with Crippen molar-refractivity contribution < 1.29 is 0 Å². The van der Waals surface area contributed by atoms with Crippen molar-refractivity contribution in [3.63, 3.8) is 0 Å². The number of benzene rings is 1. The zero-order valence-electron chi connectivity index (χ0n) is 11.8. The molecule has 0 spiro atoms. The molecule has 88 valence electrons. The number of rotatable bonds is 1. The molecule has 0 heteroatoms. The van der Waals surface area contributed by atoms with Crippen molar-refractivity contribution in [2.45, 2.75) is 53.9 Å². The maximum Gasteiger partial charge on any atom is -0.0129 e. The fourth-order valence-corrected chi connectivity index (χ4v) is 2.27. The van der Waals surface area contributed by atoms with Crippen LogP contribution in [0.15, 0.2) is 12.6 Å². The predicted molar refractivity (Wildman–Crippen MR) is 74.1 cm³/mol. The summed E-state index contributed by atoms with van der Waals surface area (Å²) in [7, 11) is 0. The summed E-state index contributed by atoms with van der Waals surface area (Å²) in [5.74, 6) is 0. The maximum atomic E-state index is 4.08. The van der Waals surface area contributed by atoms with E-state index >= 15 is 0 Å². The lowest BCUT2D eigenvalue weighted by molar-refractivity contribution is 0.585. The Morgan fingerprint density at radius 3 is 1.88 bits per heavy atom. The third-order valence-electron chi connectivity index (χ3n) is 3.49. The van der Waals surface area contributed by atoms with E-state index in [4.69, 9.17) is 0 Å². The van der Waals surface area contributed by atoms with Gasteiger partial charge in [0.2, 0.25) is 0 Å². The summed E-state index contributed by atoms with van der Waals surface area (Å²) < 4.78 is 0. The second-order valence-corrected chi connectivity index (χ2v) is 5.88. The van der Waals surface area contributed by atoms with Crippen molar-refractivity contribution in [3.05, 3.63) is 40.5 Å². The first-order chi connectivity index (χ1) is 7.16. The van der Waals surface area contributed by atoms with Gasteiger partial charge in [0.1, 0.15) is 0 Å². The van der Waals surface area contributed by atoms with Crippen molar-refractivity contribution in [1.82, 2.24) is 0 Å². The van der Waals surface area contributed by atoms with Gasteiger partial charge in [0.15, 0.2) is 0 Å². The lowest BCUT2D eigenvalue weighted by Crippen LogP contribution is -2.15. The molecule has 0 aliphatic rings. The molecule has 0 bridgehead atoms. The molecule has 0 radical (unpaired) electrons. The summed E-state index contributed by atoms with van der Waals surface area (Å²) >= 11 is 0. The molecule has 0 atom stereocenters. The average Bonchev–Trinajstić information content (AvgIpc) is 2.11. The standard InChI is InChI=1S/C16H24/c1-10(2)14-9-15(16(6,7)8)13(5)11(3)12(14)4/h9H,1H2,2-8H3. The maximum absolute atomic E-state index is 4.08. The quantitative estimate of drug-likeness (QED) is 0.623. The van der Waals surface area contributed by atoms with Gasteiger partial charge in [-0.05, 0) is 60.9 Å². The summed E-state index contributed by atoms with van der Waals surface area (Å²) in [6.07, 6.45) is 0. The average molecular weight is 216 g/mol. The molecular weight excluding hydrogens is 192 g/mol. The van der Waals surface area contributed by atoms with E-state index in [2.05, 4.69) is 61.1 Å². The van der Waals surface area contributed by atoms with Crippen LogP contribution in [0.4, 0.5) is 0 Å². The van der Waals surface area contributed by atoms with Crippen LogP contribution in [0.2, 0.25) is 0 Å².